The number of benzene rings is 2. The Labute approximate surface area is 114 Å². The maximum absolute atomic E-state index is 9.36. The number of anilines is 2. The van der Waals surface area contributed by atoms with Gasteiger partial charge in [0.05, 0.1) is 5.69 Å². The molecule has 0 aromatic heterocycles. The summed E-state index contributed by atoms with van der Waals surface area (Å²) in [7, 11) is 1.96. The highest BCUT2D eigenvalue weighted by molar-refractivity contribution is 9.10. The van der Waals surface area contributed by atoms with Gasteiger partial charge in [-0.1, -0.05) is 11.6 Å². The molecule has 0 fully saturated rings. The van der Waals surface area contributed by atoms with Crippen molar-refractivity contribution >= 4 is 38.9 Å². The van der Waals surface area contributed by atoms with Gasteiger partial charge in [0.2, 0.25) is 0 Å². The zero-order valence-corrected chi connectivity index (χ0v) is 11.5. The lowest BCUT2D eigenvalue weighted by Gasteiger charge is -2.21. The number of halogens is 2. The summed E-state index contributed by atoms with van der Waals surface area (Å²) in [6.07, 6.45) is 0. The monoisotopic (exact) mass is 311 g/mol. The molecule has 17 heavy (non-hydrogen) atoms. The quantitative estimate of drug-likeness (QED) is 0.877. The lowest BCUT2D eigenvalue weighted by molar-refractivity contribution is 0.475. The average molecular weight is 313 g/mol. The molecule has 2 aromatic rings. The lowest BCUT2D eigenvalue weighted by Crippen LogP contribution is -2.09. The molecule has 0 heterocycles. The minimum Gasteiger partial charge on any atom is -0.508 e. The topological polar surface area (TPSA) is 23.5 Å². The molecule has 0 saturated heterocycles. The van der Waals surface area contributed by atoms with Crippen molar-refractivity contribution < 1.29 is 5.11 Å². The van der Waals surface area contributed by atoms with E-state index in [1.54, 1.807) is 12.1 Å². The van der Waals surface area contributed by atoms with E-state index in [0.29, 0.717) is 5.02 Å². The number of aromatic hydroxyl groups is 1. The highest BCUT2D eigenvalue weighted by atomic mass is 79.9. The van der Waals surface area contributed by atoms with E-state index in [0.717, 1.165) is 15.8 Å². The first-order chi connectivity index (χ1) is 8.08. The summed E-state index contributed by atoms with van der Waals surface area (Å²) in [5.74, 6) is 0.241. The van der Waals surface area contributed by atoms with Crippen LogP contribution in [-0.4, -0.2) is 12.2 Å². The summed E-state index contributed by atoms with van der Waals surface area (Å²) in [6, 6.07) is 12.8. The summed E-state index contributed by atoms with van der Waals surface area (Å²) >= 11 is 9.29. The number of hydrogen-bond donors (Lipinski definition) is 1. The molecular weight excluding hydrogens is 302 g/mol. The van der Waals surface area contributed by atoms with Crippen LogP contribution in [0.25, 0.3) is 0 Å². The summed E-state index contributed by atoms with van der Waals surface area (Å²) in [4.78, 5) is 2.01. The van der Waals surface area contributed by atoms with Gasteiger partial charge in [-0.05, 0) is 58.4 Å². The molecule has 2 aromatic carbocycles. The Hall–Kier alpha value is -1.19. The summed E-state index contributed by atoms with van der Waals surface area (Å²) in [5, 5.41) is 10.1. The van der Waals surface area contributed by atoms with E-state index in [4.69, 9.17) is 11.6 Å². The minimum atomic E-state index is 0.241. The number of phenolic OH excluding ortho intramolecular Hbond substituents is 1. The van der Waals surface area contributed by atoms with E-state index in [-0.39, 0.29) is 5.75 Å². The van der Waals surface area contributed by atoms with E-state index in [1.807, 2.05) is 42.3 Å². The molecule has 0 amide bonds. The molecule has 0 spiro atoms. The van der Waals surface area contributed by atoms with Crippen molar-refractivity contribution in [1.29, 1.82) is 0 Å². The fourth-order valence-electron chi connectivity index (χ4n) is 1.57. The zero-order valence-electron chi connectivity index (χ0n) is 9.19. The first kappa shape index (κ1) is 12.3. The van der Waals surface area contributed by atoms with Crippen LogP contribution < -0.4 is 4.90 Å². The molecule has 4 heteroatoms. The molecule has 88 valence electrons. The molecule has 2 rings (SSSR count). The van der Waals surface area contributed by atoms with Gasteiger partial charge in [0.1, 0.15) is 5.75 Å². The Bertz CT molecular complexity index is 527. The third kappa shape index (κ3) is 2.73. The summed E-state index contributed by atoms with van der Waals surface area (Å²) in [6.45, 7) is 0. The van der Waals surface area contributed by atoms with Crippen molar-refractivity contribution in [2.75, 3.05) is 11.9 Å². The summed E-state index contributed by atoms with van der Waals surface area (Å²) in [5.41, 5.74) is 2.01. The number of rotatable bonds is 2. The molecule has 0 saturated carbocycles. The second kappa shape index (κ2) is 4.98. The largest absolute Gasteiger partial charge is 0.508 e. The third-order valence-corrected chi connectivity index (χ3v) is 3.39. The maximum atomic E-state index is 9.36. The molecular formula is C13H11BrClNO. The Morgan fingerprint density at radius 3 is 2.35 bits per heavy atom. The standard InChI is InChI=1S/C13H11BrClNO/c1-16(10-4-2-9(15)3-5-10)13-7-6-11(17)8-12(13)14/h2-8,17H,1H3. The Kier molecular flexibility index (Phi) is 3.60. The van der Waals surface area contributed by atoms with Crippen LogP contribution in [0, 0.1) is 0 Å². The molecule has 0 unspecified atom stereocenters. The molecule has 0 aliphatic rings. The Morgan fingerprint density at radius 2 is 1.76 bits per heavy atom. The number of hydrogen-bond acceptors (Lipinski definition) is 2. The summed E-state index contributed by atoms with van der Waals surface area (Å²) < 4.78 is 0.843. The molecule has 0 aliphatic carbocycles. The van der Waals surface area contributed by atoms with Crippen molar-refractivity contribution in [1.82, 2.24) is 0 Å². The van der Waals surface area contributed by atoms with Crippen molar-refractivity contribution in [3.63, 3.8) is 0 Å². The van der Waals surface area contributed by atoms with Gasteiger partial charge in [0.25, 0.3) is 0 Å². The second-order valence-electron chi connectivity index (χ2n) is 3.67. The third-order valence-electron chi connectivity index (χ3n) is 2.51. The molecule has 0 radical (unpaired) electrons. The zero-order chi connectivity index (χ0) is 12.4. The normalized spacial score (nSPS) is 10.3. The number of phenols is 1. The maximum Gasteiger partial charge on any atom is 0.116 e. The van der Waals surface area contributed by atoms with E-state index in [9.17, 15) is 5.11 Å². The van der Waals surface area contributed by atoms with Crippen LogP contribution in [0.4, 0.5) is 11.4 Å². The van der Waals surface area contributed by atoms with Crippen LogP contribution in [0.2, 0.25) is 5.02 Å². The lowest BCUT2D eigenvalue weighted by atomic mass is 10.2. The highest BCUT2D eigenvalue weighted by Crippen LogP contribution is 2.33. The van der Waals surface area contributed by atoms with Gasteiger partial charge in [0.15, 0.2) is 0 Å². The van der Waals surface area contributed by atoms with Gasteiger partial charge < -0.3 is 10.0 Å². The Morgan fingerprint density at radius 1 is 1.12 bits per heavy atom. The highest BCUT2D eigenvalue weighted by Gasteiger charge is 2.08. The predicted octanol–water partition coefficient (Wildman–Crippen LogP) is 4.58. The van der Waals surface area contributed by atoms with Gasteiger partial charge >= 0.3 is 0 Å². The molecule has 1 N–H and O–H groups in total. The fourth-order valence-corrected chi connectivity index (χ4v) is 2.33. The molecule has 0 atom stereocenters. The second-order valence-corrected chi connectivity index (χ2v) is 4.96. The SMILES string of the molecule is CN(c1ccc(Cl)cc1)c1ccc(O)cc1Br. The van der Waals surface area contributed by atoms with E-state index in [2.05, 4.69) is 15.9 Å². The van der Waals surface area contributed by atoms with Crippen molar-refractivity contribution in [2.24, 2.45) is 0 Å². The van der Waals surface area contributed by atoms with Gasteiger partial charge in [-0.25, -0.2) is 0 Å². The van der Waals surface area contributed by atoms with E-state index < -0.39 is 0 Å². The number of nitrogens with zero attached hydrogens (tertiary/aromatic N) is 1. The van der Waals surface area contributed by atoms with Gasteiger partial charge in [-0.15, -0.1) is 0 Å². The van der Waals surface area contributed by atoms with Crippen LogP contribution >= 0.6 is 27.5 Å². The van der Waals surface area contributed by atoms with Crippen molar-refractivity contribution in [2.45, 2.75) is 0 Å². The molecule has 0 bridgehead atoms. The molecule has 2 nitrogen and oxygen atoms in total. The van der Waals surface area contributed by atoms with Gasteiger partial charge in [0, 0.05) is 22.2 Å². The van der Waals surface area contributed by atoms with Gasteiger partial charge in [-0.2, -0.15) is 0 Å². The average Bonchev–Trinajstić information content (AvgIpc) is 2.29. The Balaban J connectivity index is 2.36. The van der Waals surface area contributed by atoms with Crippen LogP contribution in [0.1, 0.15) is 0 Å². The van der Waals surface area contributed by atoms with Crippen LogP contribution in [-0.2, 0) is 0 Å². The smallest absolute Gasteiger partial charge is 0.116 e. The fraction of sp³-hybridized carbons (Fsp3) is 0.0769. The predicted molar refractivity (Wildman–Crippen MR) is 75.3 cm³/mol. The van der Waals surface area contributed by atoms with Crippen LogP contribution in [0.3, 0.4) is 0 Å². The first-order valence-electron chi connectivity index (χ1n) is 5.06. The first-order valence-corrected chi connectivity index (χ1v) is 6.23. The van der Waals surface area contributed by atoms with E-state index in [1.165, 1.54) is 0 Å². The van der Waals surface area contributed by atoms with Gasteiger partial charge in [-0.3, -0.25) is 0 Å². The van der Waals surface area contributed by atoms with Crippen LogP contribution in [0.15, 0.2) is 46.9 Å². The minimum absolute atomic E-state index is 0.241. The molecule has 0 aliphatic heterocycles. The van der Waals surface area contributed by atoms with Crippen molar-refractivity contribution in [3.05, 3.63) is 52.0 Å². The van der Waals surface area contributed by atoms with Crippen molar-refractivity contribution in [3.8, 4) is 5.75 Å². The van der Waals surface area contributed by atoms with E-state index >= 15 is 0 Å². The van der Waals surface area contributed by atoms with Crippen LogP contribution in [0.5, 0.6) is 5.75 Å².